The van der Waals surface area contributed by atoms with E-state index in [-0.39, 0.29) is 11.2 Å². The van der Waals surface area contributed by atoms with Gasteiger partial charge >= 0.3 is 0 Å². The largest absolute Gasteiger partial charge is 0.281 e. The first-order chi connectivity index (χ1) is 6.65. The Bertz CT molecular complexity index is 320. The Morgan fingerprint density at radius 3 is 2.57 bits per heavy atom. The van der Waals surface area contributed by atoms with Crippen molar-refractivity contribution in [1.29, 1.82) is 0 Å². The monoisotopic (exact) mass is 210 g/mol. The summed E-state index contributed by atoms with van der Waals surface area (Å²) in [6.45, 7) is 4.05. The molecule has 0 radical (unpaired) electrons. The van der Waals surface area contributed by atoms with Gasteiger partial charge in [-0.1, -0.05) is 31.2 Å². The Balaban J connectivity index is 2.77. The van der Waals surface area contributed by atoms with Crippen molar-refractivity contribution in [2.24, 2.45) is 5.92 Å². The summed E-state index contributed by atoms with van der Waals surface area (Å²) in [5.41, 5.74) is 2.44. The standard InChI is InChI=1S/C12H15ClO/c1-3-10(12(13)14)8-11-7-5-4-6-9(11)2/h4-7,10H,3,8H2,1-2H3. The van der Waals surface area contributed by atoms with Gasteiger partial charge in [0.05, 0.1) is 0 Å². The minimum Gasteiger partial charge on any atom is -0.281 e. The highest BCUT2D eigenvalue weighted by Crippen LogP contribution is 2.17. The lowest BCUT2D eigenvalue weighted by molar-refractivity contribution is -0.115. The second-order valence-corrected chi connectivity index (χ2v) is 3.91. The first-order valence-corrected chi connectivity index (χ1v) is 5.26. The van der Waals surface area contributed by atoms with Crippen LogP contribution in [-0.2, 0) is 11.2 Å². The molecule has 0 N–H and O–H groups in total. The Kier molecular flexibility index (Phi) is 4.15. The highest BCUT2D eigenvalue weighted by molar-refractivity contribution is 6.64. The summed E-state index contributed by atoms with van der Waals surface area (Å²) >= 11 is 5.51. The third-order valence-electron chi connectivity index (χ3n) is 2.54. The van der Waals surface area contributed by atoms with E-state index in [2.05, 4.69) is 19.1 Å². The maximum absolute atomic E-state index is 11.1. The van der Waals surface area contributed by atoms with Crippen LogP contribution in [0.1, 0.15) is 24.5 Å². The van der Waals surface area contributed by atoms with E-state index in [1.165, 1.54) is 11.1 Å². The zero-order valence-corrected chi connectivity index (χ0v) is 9.34. The smallest absolute Gasteiger partial charge is 0.225 e. The van der Waals surface area contributed by atoms with Gasteiger partial charge in [0.25, 0.3) is 0 Å². The fraction of sp³-hybridized carbons (Fsp3) is 0.417. The zero-order chi connectivity index (χ0) is 10.6. The molecule has 2 heteroatoms. The number of carbonyl (C=O) groups is 1. The molecule has 1 aromatic rings. The Hall–Kier alpha value is -0.820. The minimum atomic E-state index is -0.226. The molecule has 0 aromatic heterocycles. The van der Waals surface area contributed by atoms with E-state index in [1.807, 2.05) is 19.1 Å². The van der Waals surface area contributed by atoms with Crippen LogP contribution >= 0.6 is 11.6 Å². The molecule has 0 fully saturated rings. The van der Waals surface area contributed by atoms with Crippen molar-refractivity contribution < 1.29 is 4.79 Å². The normalized spacial score (nSPS) is 12.5. The van der Waals surface area contributed by atoms with Gasteiger partial charge < -0.3 is 0 Å². The van der Waals surface area contributed by atoms with Crippen LogP contribution in [0.15, 0.2) is 24.3 Å². The molecule has 0 spiro atoms. The van der Waals surface area contributed by atoms with E-state index in [9.17, 15) is 4.79 Å². The first-order valence-electron chi connectivity index (χ1n) is 4.89. The highest BCUT2D eigenvalue weighted by atomic mass is 35.5. The quantitative estimate of drug-likeness (QED) is 0.697. The fourth-order valence-corrected chi connectivity index (χ4v) is 1.72. The second kappa shape index (κ2) is 5.16. The number of hydrogen-bond donors (Lipinski definition) is 0. The van der Waals surface area contributed by atoms with Crippen LogP contribution in [0.25, 0.3) is 0 Å². The Morgan fingerprint density at radius 2 is 2.07 bits per heavy atom. The van der Waals surface area contributed by atoms with Gasteiger partial charge in [-0.2, -0.15) is 0 Å². The van der Waals surface area contributed by atoms with Crippen molar-refractivity contribution in [3.8, 4) is 0 Å². The van der Waals surface area contributed by atoms with E-state index in [4.69, 9.17) is 11.6 Å². The molecule has 0 saturated carbocycles. The summed E-state index contributed by atoms with van der Waals surface area (Å²) < 4.78 is 0. The summed E-state index contributed by atoms with van der Waals surface area (Å²) in [6, 6.07) is 8.11. The van der Waals surface area contributed by atoms with E-state index in [0.29, 0.717) is 0 Å². The molecule has 0 saturated heterocycles. The molecule has 0 bridgehead atoms. The first kappa shape index (κ1) is 11.3. The van der Waals surface area contributed by atoms with E-state index in [0.717, 1.165) is 12.8 Å². The molecular weight excluding hydrogens is 196 g/mol. The van der Waals surface area contributed by atoms with Crippen molar-refractivity contribution in [2.75, 3.05) is 0 Å². The lowest BCUT2D eigenvalue weighted by Crippen LogP contribution is -2.11. The van der Waals surface area contributed by atoms with Crippen LogP contribution in [0.5, 0.6) is 0 Å². The summed E-state index contributed by atoms with van der Waals surface area (Å²) in [5.74, 6) is -0.0437. The lowest BCUT2D eigenvalue weighted by Gasteiger charge is -2.11. The summed E-state index contributed by atoms with van der Waals surface area (Å²) in [6.07, 6.45) is 1.56. The van der Waals surface area contributed by atoms with Gasteiger partial charge in [-0.15, -0.1) is 0 Å². The van der Waals surface area contributed by atoms with E-state index < -0.39 is 0 Å². The third-order valence-corrected chi connectivity index (χ3v) is 2.85. The molecular formula is C12H15ClO. The molecule has 0 heterocycles. The highest BCUT2D eigenvalue weighted by Gasteiger charge is 2.14. The molecule has 0 amide bonds. The van der Waals surface area contributed by atoms with E-state index >= 15 is 0 Å². The Morgan fingerprint density at radius 1 is 1.43 bits per heavy atom. The number of benzene rings is 1. The summed E-state index contributed by atoms with van der Waals surface area (Å²) in [7, 11) is 0. The van der Waals surface area contributed by atoms with Crippen molar-refractivity contribution in [3.63, 3.8) is 0 Å². The van der Waals surface area contributed by atoms with Crippen LogP contribution in [0.4, 0.5) is 0 Å². The van der Waals surface area contributed by atoms with Gasteiger partial charge in [0.1, 0.15) is 0 Å². The van der Waals surface area contributed by atoms with Gasteiger partial charge in [-0.25, -0.2) is 0 Å². The van der Waals surface area contributed by atoms with Gasteiger partial charge in [0.2, 0.25) is 5.24 Å². The number of hydrogen-bond acceptors (Lipinski definition) is 1. The average Bonchev–Trinajstić information content (AvgIpc) is 2.16. The van der Waals surface area contributed by atoms with Crippen molar-refractivity contribution >= 4 is 16.8 Å². The number of rotatable bonds is 4. The van der Waals surface area contributed by atoms with Gasteiger partial charge in [-0.3, -0.25) is 4.79 Å². The third kappa shape index (κ3) is 2.85. The minimum absolute atomic E-state index is 0.0437. The fourth-order valence-electron chi connectivity index (χ4n) is 1.49. The summed E-state index contributed by atoms with van der Waals surface area (Å²) in [4.78, 5) is 11.1. The van der Waals surface area contributed by atoms with Crippen molar-refractivity contribution in [3.05, 3.63) is 35.4 Å². The van der Waals surface area contributed by atoms with Crippen LogP contribution < -0.4 is 0 Å². The number of halogens is 1. The lowest BCUT2D eigenvalue weighted by atomic mass is 9.95. The molecule has 1 atom stereocenters. The average molecular weight is 211 g/mol. The molecule has 1 rings (SSSR count). The molecule has 0 aliphatic carbocycles. The number of aryl methyl sites for hydroxylation is 1. The SMILES string of the molecule is CCC(Cc1ccccc1C)C(=O)Cl. The maximum atomic E-state index is 11.1. The van der Waals surface area contributed by atoms with Crippen LogP contribution in [0.3, 0.4) is 0 Å². The molecule has 76 valence electrons. The number of carbonyl (C=O) groups excluding carboxylic acids is 1. The molecule has 0 aliphatic rings. The van der Waals surface area contributed by atoms with Crippen molar-refractivity contribution in [1.82, 2.24) is 0 Å². The summed E-state index contributed by atoms with van der Waals surface area (Å²) in [5, 5.41) is -0.226. The van der Waals surface area contributed by atoms with E-state index in [1.54, 1.807) is 0 Å². The van der Waals surface area contributed by atoms with Gasteiger partial charge in [0.15, 0.2) is 0 Å². The van der Waals surface area contributed by atoms with Gasteiger partial charge in [-0.05, 0) is 42.5 Å². The zero-order valence-electron chi connectivity index (χ0n) is 8.59. The molecule has 1 unspecified atom stereocenters. The van der Waals surface area contributed by atoms with Crippen LogP contribution in [-0.4, -0.2) is 5.24 Å². The predicted octanol–water partition coefficient (Wildman–Crippen LogP) is 3.33. The van der Waals surface area contributed by atoms with Crippen LogP contribution in [0, 0.1) is 12.8 Å². The molecule has 0 aliphatic heterocycles. The van der Waals surface area contributed by atoms with Gasteiger partial charge in [0, 0.05) is 5.92 Å². The van der Waals surface area contributed by atoms with Crippen molar-refractivity contribution in [2.45, 2.75) is 26.7 Å². The topological polar surface area (TPSA) is 17.1 Å². The second-order valence-electron chi connectivity index (χ2n) is 3.54. The Labute approximate surface area is 90.1 Å². The molecule has 1 aromatic carbocycles. The van der Waals surface area contributed by atoms with Crippen LogP contribution in [0.2, 0.25) is 0 Å². The molecule has 14 heavy (non-hydrogen) atoms. The molecule has 1 nitrogen and oxygen atoms in total. The predicted molar refractivity (Wildman–Crippen MR) is 59.5 cm³/mol. The maximum Gasteiger partial charge on any atom is 0.225 e.